The van der Waals surface area contributed by atoms with Crippen LogP contribution in [0, 0.1) is 0 Å². The molecule has 0 aliphatic heterocycles. The summed E-state index contributed by atoms with van der Waals surface area (Å²) in [4.78, 5) is 0. The maximum absolute atomic E-state index is 6.24. The van der Waals surface area contributed by atoms with Crippen LogP contribution < -0.4 is 0 Å². The second-order valence-corrected chi connectivity index (χ2v) is 5.36. The molecule has 0 spiro atoms. The summed E-state index contributed by atoms with van der Waals surface area (Å²) in [6, 6.07) is 11.4. The Morgan fingerprint density at radius 2 is 1.59 bits per heavy atom. The molecule has 0 saturated heterocycles. The molecule has 0 nitrogen and oxygen atoms in total. The van der Waals surface area contributed by atoms with Crippen molar-refractivity contribution in [2.75, 3.05) is 0 Å². The van der Waals surface area contributed by atoms with E-state index < -0.39 is 0 Å². The SMILES string of the molecule is Clc1ccc(-c2ccc(CBr)cc2Cl)cc1Cl. The zero-order valence-electron chi connectivity index (χ0n) is 8.68. The van der Waals surface area contributed by atoms with Crippen molar-refractivity contribution in [3.05, 3.63) is 57.0 Å². The fourth-order valence-corrected chi connectivity index (χ4v) is 2.50. The molecule has 0 saturated carbocycles. The average molecular weight is 350 g/mol. The maximum atomic E-state index is 6.24. The zero-order valence-corrected chi connectivity index (χ0v) is 12.5. The average Bonchev–Trinajstić information content (AvgIpc) is 2.32. The van der Waals surface area contributed by atoms with Crippen LogP contribution in [0.2, 0.25) is 15.1 Å². The third-order valence-electron chi connectivity index (χ3n) is 2.42. The Kier molecular flexibility index (Phi) is 4.37. The van der Waals surface area contributed by atoms with Crippen LogP contribution >= 0.6 is 50.7 Å². The van der Waals surface area contributed by atoms with Gasteiger partial charge in [0.1, 0.15) is 0 Å². The van der Waals surface area contributed by atoms with Gasteiger partial charge in [-0.3, -0.25) is 0 Å². The van der Waals surface area contributed by atoms with Crippen LogP contribution in [0.1, 0.15) is 5.56 Å². The molecule has 0 atom stereocenters. The van der Waals surface area contributed by atoms with Gasteiger partial charge in [0, 0.05) is 15.9 Å². The first-order valence-corrected chi connectivity index (χ1v) is 7.17. The summed E-state index contributed by atoms with van der Waals surface area (Å²) >= 11 is 21.5. The second kappa shape index (κ2) is 5.62. The van der Waals surface area contributed by atoms with Crippen LogP contribution in [0.3, 0.4) is 0 Å². The summed E-state index contributed by atoms with van der Waals surface area (Å²) in [5.74, 6) is 0. The highest BCUT2D eigenvalue weighted by molar-refractivity contribution is 9.08. The number of halogens is 4. The third-order valence-corrected chi connectivity index (χ3v) is 4.12. The Morgan fingerprint density at radius 3 is 2.18 bits per heavy atom. The van der Waals surface area contributed by atoms with E-state index in [0.717, 1.165) is 22.0 Å². The van der Waals surface area contributed by atoms with E-state index in [2.05, 4.69) is 15.9 Å². The molecule has 0 aromatic heterocycles. The van der Waals surface area contributed by atoms with Gasteiger partial charge in [0.05, 0.1) is 10.0 Å². The minimum Gasteiger partial charge on any atom is -0.0876 e. The second-order valence-electron chi connectivity index (χ2n) is 3.58. The summed E-state index contributed by atoms with van der Waals surface area (Å²) < 4.78 is 0. The van der Waals surface area contributed by atoms with Crippen molar-refractivity contribution in [1.82, 2.24) is 0 Å². The third kappa shape index (κ3) is 2.97. The summed E-state index contributed by atoms with van der Waals surface area (Å²) in [6.45, 7) is 0. The first-order valence-electron chi connectivity index (χ1n) is 4.91. The molecular weight excluding hydrogens is 342 g/mol. The molecule has 0 N–H and O–H groups in total. The standard InChI is InChI=1S/C13H8BrCl3/c14-7-8-1-3-10(12(16)5-8)9-2-4-11(15)13(17)6-9/h1-6H,7H2. The lowest BCUT2D eigenvalue weighted by Crippen LogP contribution is -1.83. The molecule has 17 heavy (non-hydrogen) atoms. The minimum absolute atomic E-state index is 0.532. The summed E-state index contributed by atoms with van der Waals surface area (Å²) in [7, 11) is 0. The summed E-state index contributed by atoms with van der Waals surface area (Å²) in [6.07, 6.45) is 0. The lowest BCUT2D eigenvalue weighted by atomic mass is 10.0. The van der Waals surface area contributed by atoms with E-state index in [1.807, 2.05) is 30.3 Å². The van der Waals surface area contributed by atoms with Gasteiger partial charge in [0.2, 0.25) is 0 Å². The monoisotopic (exact) mass is 348 g/mol. The van der Waals surface area contributed by atoms with E-state index in [1.54, 1.807) is 6.07 Å². The van der Waals surface area contributed by atoms with Gasteiger partial charge >= 0.3 is 0 Å². The topological polar surface area (TPSA) is 0 Å². The first-order chi connectivity index (χ1) is 8.11. The normalized spacial score (nSPS) is 10.6. The van der Waals surface area contributed by atoms with Gasteiger partial charge in [-0.05, 0) is 29.3 Å². The Balaban J connectivity index is 2.49. The quantitative estimate of drug-likeness (QED) is 0.565. The number of hydrogen-bond donors (Lipinski definition) is 0. The molecule has 2 aromatic carbocycles. The fourth-order valence-electron chi connectivity index (χ4n) is 1.54. The van der Waals surface area contributed by atoms with Crippen molar-refractivity contribution in [2.45, 2.75) is 5.33 Å². The highest BCUT2D eigenvalue weighted by atomic mass is 79.9. The summed E-state index contributed by atoms with van der Waals surface area (Å²) in [5.41, 5.74) is 3.05. The molecule has 0 radical (unpaired) electrons. The maximum Gasteiger partial charge on any atom is 0.0598 e. The van der Waals surface area contributed by atoms with Crippen LogP contribution in [0.15, 0.2) is 36.4 Å². The molecular formula is C13H8BrCl3. The predicted molar refractivity (Wildman–Crippen MR) is 79.5 cm³/mol. The molecule has 4 heteroatoms. The lowest BCUT2D eigenvalue weighted by molar-refractivity contribution is 1.43. The van der Waals surface area contributed by atoms with Gasteiger partial charge in [-0.1, -0.05) is 68.9 Å². The number of rotatable bonds is 2. The van der Waals surface area contributed by atoms with Gasteiger partial charge in [-0.15, -0.1) is 0 Å². The van der Waals surface area contributed by atoms with Gasteiger partial charge in [-0.2, -0.15) is 0 Å². The smallest absolute Gasteiger partial charge is 0.0598 e. The molecule has 88 valence electrons. The van der Waals surface area contributed by atoms with Crippen LogP contribution in [-0.4, -0.2) is 0 Å². The molecule has 0 bridgehead atoms. The van der Waals surface area contributed by atoms with Crippen molar-refractivity contribution < 1.29 is 0 Å². The number of alkyl halides is 1. The van der Waals surface area contributed by atoms with E-state index in [9.17, 15) is 0 Å². The Morgan fingerprint density at radius 1 is 0.824 bits per heavy atom. The van der Waals surface area contributed by atoms with Gasteiger partial charge in [0.15, 0.2) is 0 Å². The van der Waals surface area contributed by atoms with Crippen molar-refractivity contribution in [3.63, 3.8) is 0 Å². The lowest BCUT2D eigenvalue weighted by Gasteiger charge is -2.07. The highest BCUT2D eigenvalue weighted by Gasteiger charge is 2.06. The molecule has 2 aromatic rings. The Bertz CT molecular complexity index is 552. The van der Waals surface area contributed by atoms with Gasteiger partial charge < -0.3 is 0 Å². The largest absolute Gasteiger partial charge is 0.0876 e. The highest BCUT2D eigenvalue weighted by Crippen LogP contribution is 2.33. The zero-order chi connectivity index (χ0) is 12.4. The molecule has 0 aliphatic rings. The molecule has 0 fully saturated rings. The van der Waals surface area contributed by atoms with E-state index >= 15 is 0 Å². The summed E-state index contributed by atoms with van der Waals surface area (Å²) in [5, 5.41) is 2.57. The Hall–Kier alpha value is -0.210. The van der Waals surface area contributed by atoms with Crippen molar-refractivity contribution in [1.29, 1.82) is 0 Å². The van der Waals surface area contributed by atoms with Crippen molar-refractivity contribution in [2.24, 2.45) is 0 Å². The minimum atomic E-state index is 0.532. The van der Waals surface area contributed by atoms with Gasteiger partial charge in [-0.25, -0.2) is 0 Å². The van der Waals surface area contributed by atoms with E-state index in [-0.39, 0.29) is 0 Å². The molecule has 2 rings (SSSR count). The van der Waals surface area contributed by atoms with Crippen molar-refractivity contribution >= 4 is 50.7 Å². The fraction of sp³-hybridized carbons (Fsp3) is 0.0769. The number of benzene rings is 2. The molecule has 0 aliphatic carbocycles. The Labute approximate surface area is 124 Å². The van der Waals surface area contributed by atoms with Crippen molar-refractivity contribution in [3.8, 4) is 11.1 Å². The molecule has 0 amide bonds. The molecule has 0 heterocycles. The first kappa shape index (κ1) is 13.2. The van der Waals surface area contributed by atoms with Crippen LogP contribution in [-0.2, 0) is 5.33 Å². The molecule has 0 unspecified atom stereocenters. The van der Waals surface area contributed by atoms with E-state index in [1.165, 1.54) is 0 Å². The van der Waals surface area contributed by atoms with E-state index in [0.29, 0.717) is 15.1 Å². The van der Waals surface area contributed by atoms with Crippen LogP contribution in [0.4, 0.5) is 0 Å². The van der Waals surface area contributed by atoms with Gasteiger partial charge in [0.25, 0.3) is 0 Å². The number of hydrogen-bond acceptors (Lipinski definition) is 0. The van der Waals surface area contributed by atoms with E-state index in [4.69, 9.17) is 34.8 Å². The van der Waals surface area contributed by atoms with Crippen LogP contribution in [0.5, 0.6) is 0 Å². The predicted octanol–water partition coefficient (Wildman–Crippen LogP) is 6.21. The van der Waals surface area contributed by atoms with Crippen LogP contribution in [0.25, 0.3) is 11.1 Å².